The zero-order valence-electron chi connectivity index (χ0n) is 11.2. The maximum absolute atomic E-state index is 12.0. The highest BCUT2D eigenvalue weighted by molar-refractivity contribution is 7.14. The lowest BCUT2D eigenvalue weighted by molar-refractivity contribution is -0.140. The van der Waals surface area contributed by atoms with Crippen LogP contribution in [0.2, 0.25) is 0 Å². The van der Waals surface area contributed by atoms with E-state index in [2.05, 4.69) is 5.32 Å². The summed E-state index contributed by atoms with van der Waals surface area (Å²) in [6.07, 6.45) is 6.71. The summed E-state index contributed by atoms with van der Waals surface area (Å²) >= 11 is 1.44. The van der Waals surface area contributed by atoms with E-state index < -0.39 is 24.5 Å². The molecule has 0 aliphatic heterocycles. The van der Waals surface area contributed by atoms with Crippen molar-refractivity contribution in [3.05, 3.63) is 21.4 Å². The van der Waals surface area contributed by atoms with E-state index in [1.165, 1.54) is 34.6 Å². The Hall–Kier alpha value is -1.40. The number of carboxylic acids is 1. The van der Waals surface area contributed by atoms with Gasteiger partial charge in [-0.15, -0.1) is 11.3 Å². The Morgan fingerprint density at radius 3 is 2.60 bits per heavy atom. The lowest BCUT2D eigenvalue weighted by Crippen LogP contribution is -2.43. The molecule has 0 saturated heterocycles. The topological polar surface area (TPSA) is 86.6 Å². The van der Waals surface area contributed by atoms with Crippen LogP contribution in [-0.4, -0.2) is 34.7 Å². The summed E-state index contributed by atoms with van der Waals surface area (Å²) in [6.45, 7) is -0.605. The molecule has 20 heavy (non-hydrogen) atoms. The van der Waals surface area contributed by atoms with Gasteiger partial charge in [0.05, 0.1) is 11.5 Å². The number of aryl methyl sites for hydroxylation is 2. The average Bonchev–Trinajstić information content (AvgIpc) is 2.78. The Balaban J connectivity index is 2.10. The molecule has 3 N–H and O–H groups in total. The molecule has 0 aromatic carbocycles. The van der Waals surface area contributed by atoms with Crippen LogP contribution in [-0.2, 0) is 17.6 Å². The van der Waals surface area contributed by atoms with E-state index in [0.29, 0.717) is 4.88 Å². The minimum atomic E-state index is -1.24. The van der Waals surface area contributed by atoms with Crippen LogP contribution in [0.5, 0.6) is 0 Å². The van der Waals surface area contributed by atoms with E-state index >= 15 is 0 Å². The molecule has 1 heterocycles. The number of hydrogen-bond acceptors (Lipinski definition) is 4. The van der Waals surface area contributed by atoms with Crippen LogP contribution < -0.4 is 5.32 Å². The van der Waals surface area contributed by atoms with Gasteiger partial charge in [-0.05, 0) is 37.3 Å². The normalized spacial score (nSPS) is 16.6. The summed E-state index contributed by atoms with van der Waals surface area (Å²) < 4.78 is 0. The molecule has 0 fully saturated rings. The molecular formula is C14H19NO4S. The Morgan fingerprint density at radius 2 is 1.95 bits per heavy atom. The van der Waals surface area contributed by atoms with Crippen LogP contribution in [0.25, 0.3) is 0 Å². The van der Waals surface area contributed by atoms with Gasteiger partial charge in [-0.25, -0.2) is 4.79 Å². The number of carbonyl (C=O) groups excluding carboxylic acids is 1. The molecule has 0 radical (unpaired) electrons. The number of hydrogen-bond donors (Lipinski definition) is 3. The van der Waals surface area contributed by atoms with Crippen molar-refractivity contribution in [3.8, 4) is 0 Å². The van der Waals surface area contributed by atoms with Gasteiger partial charge in [0.25, 0.3) is 5.91 Å². The van der Waals surface area contributed by atoms with Gasteiger partial charge in [-0.3, -0.25) is 4.79 Å². The maximum Gasteiger partial charge on any atom is 0.328 e. The fraction of sp³-hybridized carbons (Fsp3) is 0.571. The van der Waals surface area contributed by atoms with Crippen molar-refractivity contribution in [2.75, 3.05) is 6.61 Å². The highest BCUT2D eigenvalue weighted by Crippen LogP contribution is 2.28. The van der Waals surface area contributed by atoms with Gasteiger partial charge in [0.1, 0.15) is 0 Å². The number of fused-ring (bicyclic) bond motifs is 1. The van der Waals surface area contributed by atoms with Crippen LogP contribution in [0.4, 0.5) is 0 Å². The number of aliphatic hydroxyl groups is 1. The largest absolute Gasteiger partial charge is 0.480 e. The number of thiophene rings is 1. The predicted octanol–water partition coefficient (Wildman–Crippen LogP) is 1.58. The Bertz CT molecular complexity index is 472. The van der Waals surface area contributed by atoms with Crippen molar-refractivity contribution in [3.63, 3.8) is 0 Å². The molecule has 1 aliphatic rings. The first-order valence-electron chi connectivity index (χ1n) is 6.88. The Labute approximate surface area is 121 Å². The van der Waals surface area contributed by atoms with Gasteiger partial charge in [-0.2, -0.15) is 0 Å². The Morgan fingerprint density at radius 1 is 1.25 bits per heavy atom. The fourth-order valence-electron chi connectivity index (χ4n) is 2.37. The van der Waals surface area contributed by atoms with Gasteiger partial charge < -0.3 is 15.5 Å². The van der Waals surface area contributed by atoms with E-state index in [1.807, 2.05) is 6.07 Å². The lowest BCUT2D eigenvalue weighted by atomic mass is 10.00. The number of nitrogens with one attached hydrogen (secondary N) is 1. The third-order valence-electron chi connectivity index (χ3n) is 3.51. The van der Waals surface area contributed by atoms with Crippen molar-refractivity contribution < 1.29 is 19.8 Å². The molecular weight excluding hydrogens is 278 g/mol. The van der Waals surface area contributed by atoms with E-state index in [9.17, 15) is 9.59 Å². The maximum atomic E-state index is 12.0. The van der Waals surface area contributed by atoms with Crippen LogP contribution in [0, 0.1) is 0 Å². The van der Waals surface area contributed by atoms with Crippen LogP contribution >= 0.6 is 11.3 Å². The highest BCUT2D eigenvalue weighted by Gasteiger charge is 2.22. The number of aliphatic carboxylic acids is 1. The van der Waals surface area contributed by atoms with Gasteiger partial charge in [-0.1, -0.05) is 12.8 Å². The molecule has 1 aromatic heterocycles. The molecule has 0 saturated carbocycles. The molecule has 6 heteroatoms. The molecule has 0 unspecified atom stereocenters. The van der Waals surface area contributed by atoms with Crippen LogP contribution in [0.1, 0.15) is 45.8 Å². The van der Waals surface area contributed by atoms with Crippen LogP contribution in [0.3, 0.4) is 0 Å². The molecule has 110 valence electrons. The molecule has 2 rings (SSSR count). The third-order valence-corrected chi connectivity index (χ3v) is 4.74. The quantitative estimate of drug-likeness (QED) is 0.787. The second-order valence-electron chi connectivity index (χ2n) is 5.02. The van der Waals surface area contributed by atoms with Crippen molar-refractivity contribution in [1.82, 2.24) is 5.32 Å². The lowest BCUT2D eigenvalue weighted by Gasteiger charge is -2.10. The van der Waals surface area contributed by atoms with Gasteiger partial charge in [0.2, 0.25) is 0 Å². The smallest absolute Gasteiger partial charge is 0.328 e. The number of aliphatic hydroxyl groups excluding tert-OH is 1. The van der Waals surface area contributed by atoms with Gasteiger partial charge >= 0.3 is 5.97 Å². The van der Waals surface area contributed by atoms with Gasteiger partial charge in [0.15, 0.2) is 6.04 Å². The average molecular weight is 297 g/mol. The Kier molecular flexibility index (Phi) is 5.14. The SMILES string of the molecule is O=C(N[C@@H](CO)C(=O)O)c1cc2c(s1)CCCCCC2. The zero-order valence-corrected chi connectivity index (χ0v) is 12.0. The minimum absolute atomic E-state index is 0.414. The molecule has 1 aromatic rings. The fourth-order valence-corrected chi connectivity index (χ4v) is 3.53. The monoisotopic (exact) mass is 297 g/mol. The summed E-state index contributed by atoms with van der Waals surface area (Å²) in [5, 5.41) is 20.1. The van der Waals surface area contributed by atoms with Crippen molar-refractivity contribution in [2.24, 2.45) is 0 Å². The summed E-state index contributed by atoms with van der Waals surface area (Å²) in [5.74, 6) is -1.64. The molecule has 0 spiro atoms. The molecule has 1 atom stereocenters. The van der Waals surface area contributed by atoms with Crippen molar-refractivity contribution in [2.45, 2.75) is 44.6 Å². The second kappa shape index (κ2) is 6.85. The van der Waals surface area contributed by atoms with E-state index in [4.69, 9.17) is 10.2 Å². The number of carbonyl (C=O) groups is 2. The standard InChI is InChI=1S/C14H19NO4S/c16-8-10(14(18)19)15-13(17)12-7-9-5-3-1-2-4-6-11(9)20-12/h7,10,16H,1-6,8H2,(H,15,17)(H,18,19)/t10-/m0/s1. The number of carboxylic acid groups (broad SMARTS) is 1. The zero-order chi connectivity index (χ0) is 14.5. The minimum Gasteiger partial charge on any atom is -0.480 e. The van der Waals surface area contributed by atoms with Crippen molar-refractivity contribution >= 4 is 23.2 Å². The summed E-state index contributed by atoms with van der Waals surface area (Å²) in [7, 11) is 0. The predicted molar refractivity (Wildman–Crippen MR) is 76.2 cm³/mol. The van der Waals surface area contributed by atoms with E-state index in [-0.39, 0.29) is 0 Å². The molecule has 1 amide bonds. The first-order valence-corrected chi connectivity index (χ1v) is 7.69. The highest BCUT2D eigenvalue weighted by atomic mass is 32.1. The van der Waals surface area contributed by atoms with Crippen LogP contribution in [0.15, 0.2) is 6.07 Å². The number of rotatable bonds is 4. The molecule has 0 bridgehead atoms. The first kappa shape index (κ1) is 15.0. The first-order chi connectivity index (χ1) is 9.61. The second-order valence-corrected chi connectivity index (χ2v) is 6.16. The third kappa shape index (κ3) is 3.58. The molecule has 1 aliphatic carbocycles. The molecule has 5 nitrogen and oxygen atoms in total. The van der Waals surface area contributed by atoms with Crippen molar-refractivity contribution in [1.29, 1.82) is 0 Å². The summed E-state index contributed by atoms with van der Waals surface area (Å²) in [5.41, 5.74) is 1.22. The number of amides is 1. The summed E-state index contributed by atoms with van der Waals surface area (Å²) in [6, 6.07) is 0.629. The van der Waals surface area contributed by atoms with E-state index in [1.54, 1.807) is 0 Å². The summed E-state index contributed by atoms with van der Waals surface area (Å²) in [4.78, 5) is 24.6. The van der Waals surface area contributed by atoms with E-state index in [0.717, 1.165) is 25.7 Å². The van der Waals surface area contributed by atoms with Gasteiger partial charge in [0, 0.05) is 4.88 Å².